The fraction of sp³-hybridized carbons (Fsp3) is 0.800. The van der Waals surface area contributed by atoms with E-state index in [0.717, 1.165) is 6.42 Å². The van der Waals surface area contributed by atoms with Crippen molar-refractivity contribution in [3.8, 4) is 0 Å². The second kappa shape index (κ2) is 7.09. The number of hydrogen-bond donors (Lipinski definition) is 1. The first kappa shape index (κ1) is 13.7. The number of nitrogens with one attached hydrogen (secondary N) is 1. The normalized spacial score (nSPS) is 9.60. The molecule has 0 spiro atoms. The lowest BCUT2D eigenvalue weighted by Gasteiger charge is -2.26. The lowest BCUT2D eigenvalue weighted by molar-refractivity contribution is -0.121. The van der Waals surface area contributed by atoms with Crippen molar-refractivity contribution in [3.63, 3.8) is 0 Å². The molecule has 0 radical (unpaired) electrons. The number of urea groups is 1. The highest BCUT2D eigenvalue weighted by Gasteiger charge is 2.18. The van der Waals surface area contributed by atoms with Crippen LogP contribution in [0.15, 0.2) is 0 Å². The molecule has 0 saturated heterocycles. The summed E-state index contributed by atoms with van der Waals surface area (Å²) in [7, 11) is 3.30. The van der Waals surface area contributed by atoms with Gasteiger partial charge in [0.15, 0.2) is 0 Å². The number of amides is 3. The predicted octanol–water partition coefficient (Wildman–Crippen LogP) is 0.516. The first-order valence-corrected chi connectivity index (χ1v) is 5.27. The lowest BCUT2D eigenvalue weighted by Crippen LogP contribution is -2.45. The van der Waals surface area contributed by atoms with E-state index in [1.54, 1.807) is 23.9 Å². The van der Waals surface area contributed by atoms with Gasteiger partial charge in [-0.1, -0.05) is 6.92 Å². The van der Waals surface area contributed by atoms with E-state index in [1.807, 2.05) is 13.8 Å². The van der Waals surface area contributed by atoms with E-state index >= 15 is 0 Å². The Labute approximate surface area is 91.4 Å². The van der Waals surface area contributed by atoms with Crippen molar-refractivity contribution < 1.29 is 9.59 Å². The molecular formula is C10H21N3O2. The van der Waals surface area contributed by atoms with Crippen molar-refractivity contribution in [1.29, 1.82) is 0 Å². The van der Waals surface area contributed by atoms with Crippen molar-refractivity contribution in [2.75, 3.05) is 33.7 Å². The highest BCUT2D eigenvalue weighted by atomic mass is 16.2. The summed E-state index contributed by atoms with van der Waals surface area (Å²) in [6.07, 6.45) is 0.848. The van der Waals surface area contributed by atoms with Crippen LogP contribution >= 0.6 is 0 Å². The average Bonchev–Trinajstić information content (AvgIpc) is 2.26. The van der Waals surface area contributed by atoms with Crippen LogP contribution in [0.25, 0.3) is 0 Å². The van der Waals surface area contributed by atoms with Crippen LogP contribution in [0.1, 0.15) is 20.3 Å². The van der Waals surface area contributed by atoms with E-state index < -0.39 is 0 Å². The molecule has 0 heterocycles. The van der Waals surface area contributed by atoms with Crippen molar-refractivity contribution in [3.05, 3.63) is 0 Å². The molecule has 3 amide bonds. The van der Waals surface area contributed by atoms with Crippen LogP contribution in [0.5, 0.6) is 0 Å². The molecule has 15 heavy (non-hydrogen) atoms. The Balaban J connectivity index is 4.37. The van der Waals surface area contributed by atoms with E-state index in [-0.39, 0.29) is 18.5 Å². The fourth-order valence-electron chi connectivity index (χ4n) is 1.14. The molecule has 0 fully saturated rings. The quantitative estimate of drug-likeness (QED) is 0.726. The van der Waals surface area contributed by atoms with E-state index in [1.165, 1.54) is 0 Å². The van der Waals surface area contributed by atoms with E-state index in [4.69, 9.17) is 0 Å². The van der Waals surface area contributed by atoms with Gasteiger partial charge in [-0.25, -0.2) is 4.79 Å². The van der Waals surface area contributed by atoms with Crippen molar-refractivity contribution in [2.45, 2.75) is 20.3 Å². The smallest absolute Gasteiger partial charge is 0.320 e. The molecule has 0 aromatic carbocycles. The Hall–Kier alpha value is -1.26. The zero-order valence-electron chi connectivity index (χ0n) is 10.0. The molecule has 0 rings (SSSR count). The summed E-state index contributed by atoms with van der Waals surface area (Å²) >= 11 is 0. The van der Waals surface area contributed by atoms with Gasteiger partial charge >= 0.3 is 6.03 Å². The summed E-state index contributed by atoms with van der Waals surface area (Å²) in [6, 6.07) is -0.0945. The number of likely N-dealkylation sites (N-methyl/N-ethyl adjacent to an activating group) is 1. The number of rotatable bonds is 5. The molecule has 0 atom stereocenters. The molecule has 0 aromatic heterocycles. The second-order valence-corrected chi connectivity index (χ2v) is 3.39. The van der Waals surface area contributed by atoms with Gasteiger partial charge in [-0.3, -0.25) is 4.79 Å². The second-order valence-electron chi connectivity index (χ2n) is 3.39. The Morgan fingerprint density at radius 2 is 1.87 bits per heavy atom. The van der Waals surface area contributed by atoms with Crippen LogP contribution in [0.4, 0.5) is 4.79 Å². The summed E-state index contributed by atoms with van der Waals surface area (Å²) in [5, 5.41) is 2.51. The SMILES string of the molecule is CCCN(CC(=O)NC)C(=O)N(C)CC. The number of carbonyl (C=O) groups excluding carboxylic acids is 2. The first-order chi connectivity index (χ1) is 7.06. The minimum atomic E-state index is -0.138. The molecule has 0 aliphatic heterocycles. The van der Waals surface area contributed by atoms with Gasteiger partial charge in [-0.2, -0.15) is 0 Å². The number of carbonyl (C=O) groups is 2. The van der Waals surface area contributed by atoms with Crippen LogP contribution in [0.3, 0.4) is 0 Å². The minimum Gasteiger partial charge on any atom is -0.358 e. The van der Waals surface area contributed by atoms with Crippen molar-refractivity contribution >= 4 is 11.9 Å². The molecule has 0 aliphatic carbocycles. The Morgan fingerprint density at radius 1 is 1.27 bits per heavy atom. The van der Waals surface area contributed by atoms with E-state index in [9.17, 15) is 9.59 Å². The monoisotopic (exact) mass is 215 g/mol. The third-order valence-electron chi connectivity index (χ3n) is 2.18. The number of nitrogens with zero attached hydrogens (tertiary/aromatic N) is 2. The summed E-state index contributed by atoms with van der Waals surface area (Å²) in [5.41, 5.74) is 0. The topological polar surface area (TPSA) is 52.7 Å². The maximum absolute atomic E-state index is 11.8. The Bertz CT molecular complexity index is 219. The molecular weight excluding hydrogens is 194 g/mol. The summed E-state index contributed by atoms with van der Waals surface area (Å²) in [4.78, 5) is 26.1. The number of hydrogen-bond acceptors (Lipinski definition) is 2. The largest absolute Gasteiger partial charge is 0.358 e. The van der Waals surface area contributed by atoms with Crippen LogP contribution in [-0.2, 0) is 4.79 Å². The summed E-state index contributed by atoms with van der Waals surface area (Å²) in [5.74, 6) is -0.138. The van der Waals surface area contributed by atoms with Gasteiger partial charge in [0.25, 0.3) is 0 Å². The van der Waals surface area contributed by atoms with Crippen LogP contribution < -0.4 is 5.32 Å². The maximum Gasteiger partial charge on any atom is 0.320 e. The molecule has 0 unspecified atom stereocenters. The summed E-state index contributed by atoms with van der Waals surface area (Å²) < 4.78 is 0. The third kappa shape index (κ3) is 4.67. The predicted molar refractivity (Wildman–Crippen MR) is 59.6 cm³/mol. The Morgan fingerprint density at radius 3 is 2.27 bits per heavy atom. The van der Waals surface area contributed by atoms with Gasteiger partial charge in [0, 0.05) is 27.2 Å². The van der Waals surface area contributed by atoms with Gasteiger partial charge < -0.3 is 15.1 Å². The molecule has 5 heteroatoms. The standard InChI is InChI=1S/C10H21N3O2/c1-5-7-13(8-9(14)11-3)10(15)12(4)6-2/h5-8H2,1-4H3,(H,11,14). The fourth-order valence-corrected chi connectivity index (χ4v) is 1.14. The van der Waals surface area contributed by atoms with Gasteiger partial charge in [0.1, 0.15) is 6.54 Å². The van der Waals surface area contributed by atoms with Crippen molar-refractivity contribution in [2.24, 2.45) is 0 Å². The average molecular weight is 215 g/mol. The highest BCUT2D eigenvalue weighted by molar-refractivity contribution is 5.83. The van der Waals surface area contributed by atoms with E-state index in [0.29, 0.717) is 13.1 Å². The van der Waals surface area contributed by atoms with Gasteiger partial charge in [0.2, 0.25) is 5.91 Å². The highest BCUT2D eigenvalue weighted by Crippen LogP contribution is 1.98. The zero-order chi connectivity index (χ0) is 11.8. The third-order valence-corrected chi connectivity index (χ3v) is 2.18. The van der Waals surface area contributed by atoms with Gasteiger partial charge in [-0.05, 0) is 13.3 Å². The first-order valence-electron chi connectivity index (χ1n) is 5.27. The lowest BCUT2D eigenvalue weighted by atomic mass is 10.4. The Kier molecular flexibility index (Phi) is 6.49. The zero-order valence-corrected chi connectivity index (χ0v) is 10.0. The molecule has 0 bridgehead atoms. The molecule has 0 aliphatic rings. The van der Waals surface area contributed by atoms with Gasteiger partial charge in [0.05, 0.1) is 0 Å². The molecule has 1 N–H and O–H groups in total. The molecule has 88 valence electrons. The molecule has 5 nitrogen and oxygen atoms in total. The van der Waals surface area contributed by atoms with Gasteiger partial charge in [-0.15, -0.1) is 0 Å². The van der Waals surface area contributed by atoms with Crippen LogP contribution in [-0.4, -0.2) is 55.5 Å². The van der Waals surface area contributed by atoms with Crippen LogP contribution in [0.2, 0.25) is 0 Å². The van der Waals surface area contributed by atoms with E-state index in [2.05, 4.69) is 5.32 Å². The maximum atomic E-state index is 11.8. The van der Waals surface area contributed by atoms with Crippen LogP contribution in [0, 0.1) is 0 Å². The molecule has 0 aromatic rings. The molecule has 0 saturated carbocycles. The minimum absolute atomic E-state index is 0.0945. The summed E-state index contributed by atoms with van der Waals surface area (Å²) in [6.45, 7) is 5.27. The van der Waals surface area contributed by atoms with Crippen molar-refractivity contribution in [1.82, 2.24) is 15.1 Å².